The molecule has 3 aliphatic carbocycles. The molecule has 67 heavy (non-hydrogen) atoms. The summed E-state index contributed by atoms with van der Waals surface area (Å²) >= 11 is 1.36. The van der Waals surface area contributed by atoms with Crippen LogP contribution in [0.5, 0.6) is 0 Å². The van der Waals surface area contributed by atoms with Crippen LogP contribution in [0.2, 0.25) is 0 Å². The molecular formula is C52H61NO13S. The molecule has 1 saturated heterocycles. The number of fused-ring (bicyclic) bond motifs is 5. The van der Waals surface area contributed by atoms with Crippen LogP contribution in [-0.2, 0) is 47.6 Å². The Morgan fingerprint density at radius 1 is 0.851 bits per heavy atom. The first-order valence-electron chi connectivity index (χ1n) is 22.5. The lowest BCUT2D eigenvalue weighted by atomic mass is 9.38. The molecule has 14 nitrogen and oxygen atoms in total. The summed E-state index contributed by atoms with van der Waals surface area (Å²) in [4.78, 5) is 86.5. The van der Waals surface area contributed by atoms with Crippen LogP contribution >= 0.6 is 11.8 Å². The molecule has 0 unspecified atom stereocenters. The summed E-state index contributed by atoms with van der Waals surface area (Å²) in [6.07, 6.45) is -5.27. The standard InChI is InChI=1S/C52H61NO13S/c1-30-36(64-46(59)47(4,5)41(33-20-14-11-15-21-33)53-43(57)34-22-16-12-17-23-34)27-51(60)45(65-44(58)35-24-18-13-19-25-35)50(9)49(8,42(56)40(63-31(2)54)39(30)48(51,6)7)37(62-29-67-10)26-38-52(50,28-61-38)66-32(3)55/h11-25,36-38,40-41,45,60H,26-29H2,1-10H3,(H,53,57)/t36-,37-,38+,40+,41-,45-,49-,50-,51+,52-/m0/s1. The zero-order valence-corrected chi connectivity index (χ0v) is 40.5. The monoisotopic (exact) mass is 939 g/mol. The summed E-state index contributed by atoms with van der Waals surface area (Å²) in [7, 11) is 0. The smallest absolute Gasteiger partial charge is 0.338 e. The minimum Gasteiger partial charge on any atom is -0.457 e. The number of rotatable bonds is 13. The molecule has 4 aliphatic rings. The first-order chi connectivity index (χ1) is 31.5. The van der Waals surface area contributed by atoms with Gasteiger partial charge in [0.2, 0.25) is 0 Å². The largest absolute Gasteiger partial charge is 0.457 e. The average molecular weight is 940 g/mol. The number of carbonyl (C=O) groups is 6. The Labute approximate surface area is 395 Å². The maximum absolute atomic E-state index is 16.2. The van der Waals surface area contributed by atoms with E-state index in [1.54, 1.807) is 133 Å². The van der Waals surface area contributed by atoms with E-state index in [4.69, 9.17) is 28.4 Å². The topological polar surface area (TPSA) is 190 Å². The molecule has 3 aromatic rings. The highest BCUT2D eigenvalue weighted by molar-refractivity contribution is 7.98. The predicted octanol–water partition coefficient (Wildman–Crippen LogP) is 7.14. The van der Waals surface area contributed by atoms with Crippen molar-refractivity contribution in [2.24, 2.45) is 21.7 Å². The van der Waals surface area contributed by atoms with Crippen LogP contribution in [0.3, 0.4) is 0 Å². The number of thioether (sulfide) groups is 1. The lowest BCUT2D eigenvalue weighted by Gasteiger charge is -2.72. The fraction of sp³-hybridized carbons (Fsp3) is 0.500. The lowest BCUT2D eigenvalue weighted by Crippen LogP contribution is -2.86. The number of ketones is 1. The van der Waals surface area contributed by atoms with Crippen LogP contribution in [-0.4, -0.2) is 101 Å². The van der Waals surface area contributed by atoms with Crippen molar-refractivity contribution in [1.29, 1.82) is 0 Å². The van der Waals surface area contributed by atoms with Crippen LogP contribution in [0.4, 0.5) is 0 Å². The molecule has 2 N–H and O–H groups in total. The molecule has 358 valence electrons. The third-order valence-electron chi connectivity index (χ3n) is 15.4. The number of amides is 1. The number of Topliss-reactive ketones (excluding diaryl/α,β-unsaturated/α-hetero) is 1. The molecule has 0 radical (unpaired) electrons. The van der Waals surface area contributed by atoms with Gasteiger partial charge in [0, 0.05) is 37.7 Å². The average Bonchev–Trinajstić information content (AvgIpc) is 3.29. The molecular weight excluding hydrogens is 879 g/mol. The number of ether oxygens (including phenoxy) is 6. The molecule has 0 aromatic heterocycles. The molecule has 3 aromatic carbocycles. The number of aliphatic hydroxyl groups is 1. The molecule has 3 fully saturated rings. The van der Waals surface area contributed by atoms with Crippen LogP contribution in [0.25, 0.3) is 0 Å². The van der Waals surface area contributed by atoms with Gasteiger partial charge in [0.25, 0.3) is 5.91 Å². The molecule has 1 amide bonds. The highest BCUT2D eigenvalue weighted by atomic mass is 32.2. The molecule has 15 heteroatoms. The van der Waals surface area contributed by atoms with Crippen molar-refractivity contribution in [2.45, 2.75) is 123 Å². The minimum atomic E-state index is -2.31. The SMILES string of the molecule is CSCO[C@H]1C[C@H]2OC[C@@]2(OC(C)=O)[C@@]2(C)[C@H](OC(=O)c3ccccc3)[C@]3(O)C[C@H](OC(=O)C(C)(C)[C@@H](NC(=O)c4ccccc4)c4ccccc4)C(C)=C([C@@H](OC(C)=O)C(=O)[C@]12C)C3(C)C. The van der Waals surface area contributed by atoms with E-state index in [1.165, 1.54) is 25.6 Å². The van der Waals surface area contributed by atoms with E-state index in [0.29, 0.717) is 16.7 Å². The van der Waals surface area contributed by atoms with E-state index >= 15 is 9.59 Å². The van der Waals surface area contributed by atoms with Crippen LogP contribution in [0, 0.1) is 21.7 Å². The molecule has 0 spiro atoms. The normalized spacial score (nSPS) is 31.3. The Kier molecular flexibility index (Phi) is 13.5. The Hall–Kier alpha value is -5.35. The van der Waals surface area contributed by atoms with Gasteiger partial charge in [-0.05, 0) is 74.9 Å². The summed E-state index contributed by atoms with van der Waals surface area (Å²) in [6, 6.07) is 24.8. The summed E-state index contributed by atoms with van der Waals surface area (Å²) < 4.78 is 38.5. The predicted molar refractivity (Wildman–Crippen MR) is 247 cm³/mol. The van der Waals surface area contributed by atoms with Crippen LogP contribution in [0.15, 0.2) is 102 Å². The zero-order chi connectivity index (χ0) is 48.9. The Morgan fingerprint density at radius 3 is 1.97 bits per heavy atom. The van der Waals surface area contributed by atoms with E-state index in [0.717, 1.165) is 0 Å². The number of hydrogen-bond acceptors (Lipinski definition) is 14. The zero-order valence-electron chi connectivity index (χ0n) is 39.7. The van der Waals surface area contributed by atoms with Crippen molar-refractivity contribution in [1.82, 2.24) is 5.32 Å². The van der Waals surface area contributed by atoms with Gasteiger partial charge in [0.05, 0.1) is 46.5 Å². The van der Waals surface area contributed by atoms with Crippen molar-refractivity contribution in [3.8, 4) is 0 Å². The van der Waals surface area contributed by atoms with E-state index in [2.05, 4.69) is 5.32 Å². The molecule has 2 bridgehead atoms. The fourth-order valence-electron chi connectivity index (χ4n) is 11.4. The van der Waals surface area contributed by atoms with Gasteiger partial charge in [-0.2, -0.15) is 0 Å². The Bertz CT molecular complexity index is 2440. The highest BCUT2D eigenvalue weighted by Gasteiger charge is 2.84. The lowest BCUT2D eigenvalue weighted by molar-refractivity contribution is -0.382. The number of carbonyl (C=O) groups excluding carboxylic acids is 6. The third kappa shape index (κ3) is 7.98. The molecule has 10 atom stereocenters. The Morgan fingerprint density at radius 2 is 1.43 bits per heavy atom. The first kappa shape index (κ1) is 49.6. The second kappa shape index (κ2) is 18.3. The summed E-state index contributed by atoms with van der Waals surface area (Å²) in [5, 5.41) is 17.2. The Balaban J connectivity index is 1.45. The van der Waals surface area contributed by atoms with Gasteiger partial charge in [-0.3, -0.25) is 24.0 Å². The maximum Gasteiger partial charge on any atom is 0.338 e. The van der Waals surface area contributed by atoms with Gasteiger partial charge < -0.3 is 38.8 Å². The first-order valence-corrected chi connectivity index (χ1v) is 23.9. The number of benzene rings is 3. The van der Waals surface area contributed by atoms with Crippen molar-refractivity contribution in [3.63, 3.8) is 0 Å². The van der Waals surface area contributed by atoms with Gasteiger partial charge in [0.15, 0.2) is 17.5 Å². The van der Waals surface area contributed by atoms with Crippen molar-refractivity contribution >= 4 is 47.3 Å². The van der Waals surface area contributed by atoms with Gasteiger partial charge in [-0.15, -0.1) is 11.8 Å². The summed E-state index contributed by atoms with van der Waals surface area (Å²) in [5.41, 5.74) is -9.36. The van der Waals surface area contributed by atoms with Crippen molar-refractivity contribution in [2.75, 3.05) is 18.8 Å². The van der Waals surface area contributed by atoms with E-state index in [1.807, 2.05) is 12.3 Å². The van der Waals surface area contributed by atoms with Crippen LogP contribution in [0.1, 0.15) is 107 Å². The molecule has 2 saturated carbocycles. The van der Waals surface area contributed by atoms with Gasteiger partial charge >= 0.3 is 23.9 Å². The van der Waals surface area contributed by atoms with Crippen molar-refractivity contribution in [3.05, 3.63) is 119 Å². The van der Waals surface area contributed by atoms with E-state index in [9.17, 15) is 24.3 Å². The van der Waals surface area contributed by atoms with E-state index < -0.39 is 111 Å². The maximum atomic E-state index is 16.2. The second-order valence-corrected chi connectivity index (χ2v) is 20.5. The summed E-state index contributed by atoms with van der Waals surface area (Å²) in [6.45, 7) is 13.7. The number of nitrogens with one attached hydrogen (secondary N) is 1. The fourth-order valence-corrected chi connectivity index (χ4v) is 11.7. The number of esters is 4. The highest BCUT2D eigenvalue weighted by Crippen LogP contribution is 2.70. The second-order valence-electron chi connectivity index (χ2n) is 19.6. The quantitative estimate of drug-likeness (QED) is 0.0762. The summed E-state index contributed by atoms with van der Waals surface area (Å²) in [5.74, 6) is -4.15. The van der Waals surface area contributed by atoms with E-state index in [-0.39, 0.29) is 30.1 Å². The molecule has 7 rings (SSSR count). The van der Waals surface area contributed by atoms with Crippen LogP contribution < -0.4 is 5.32 Å². The molecule has 1 aliphatic heterocycles. The minimum absolute atomic E-state index is 0.0520. The van der Waals surface area contributed by atoms with Gasteiger partial charge in [-0.1, -0.05) is 87.5 Å². The number of hydrogen-bond donors (Lipinski definition) is 2. The van der Waals surface area contributed by atoms with Gasteiger partial charge in [-0.25, -0.2) is 4.79 Å². The molecule has 1 heterocycles. The van der Waals surface area contributed by atoms with Crippen molar-refractivity contribution < 1.29 is 62.3 Å². The third-order valence-corrected chi connectivity index (χ3v) is 15.7. The van der Waals surface area contributed by atoms with Gasteiger partial charge in [0.1, 0.15) is 23.9 Å².